The van der Waals surface area contributed by atoms with Crippen molar-refractivity contribution in [2.24, 2.45) is 0 Å². The van der Waals surface area contributed by atoms with Gasteiger partial charge in [-0.1, -0.05) is 0 Å². The van der Waals surface area contributed by atoms with E-state index in [1.165, 1.54) is 0 Å². The summed E-state index contributed by atoms with van der Waals surface area (Å²) in [5.41, 5.74) is 0. The largest absolute Gasteiger partial charge is 0 e. The average Bonchev–Trinajstić information content (AvgIpc) is 0. The van der Waals surface area contributed by atoms with Gasteiger partial charge in [0.1, 0.15) is 0 Å². The number of rotatable bonds is 0. The zero-order chi connectivity index (χ0) is 0. The Kier molecular flexibility index (Phi) is 141. The van der Waals surface area contributed by atoms with Crippen molar-refractivity contribution < 1.29 is 78.0 Å². The van der Waals surface area contributed by atoms with Gasteiger partial charge in [0.25, 0.3) is 0 Å². The minimum atomic E-state index is 0. The topological polar surface area (TPSA) is 0 Å². The zero-order valence-corrected chi connectivity index (χ0v) is 8.00. The van der Waals surface area contributed by atoms with Gasteiger partial charge in [0.05, 0.1) is 0 Å². The van der Waals surface area contributed by atoms with Gasteiger partial charge in [-0.3, -0.25) is 0 Å². The number of hydrogen-bond donors (Lipinski definition) is 0. The molecule has 0 bridgehead atoms. The molecule has 0 N–H and O–H groups in total. The van der Waals surface area contributed by atoms with E-state index in [9.17, 15) is 0 Å². The van der Waals surface area contributed by atoms with Crippen LogP contribution in [0.3, 0.4) is 0 Å². The Balaban J connectivity index is 0. The van der Waals surface area contributed by atoms with Gasteiger partial charge in [0.15, 0.2) is 0 Å². The van der Waals surface area contributed by atoms with E-state index in [2.05, 4.69) is 0 Å². The molecule has 0 rings (SSSR count). The van der Waals surface area contributed by atoms with Gasteiger partial charge in [-0.2, -0.15) is 0 Å². The molecule has 0 unspecified atom stereocenters. The Bertz CT molecular complexity index is 3.25. The summed E-state index contributed by atoms with van der Waals surface area (Å²) in [4.78, 5) is 0. The van der Waals surface area contributed by atoms with E-state index in [0.29, 0.717) is 0 Å². The Morgan fingerprint density at radius 1 is 0.500 bits per heavy atom. The Morgan fingerprint density at radius 3 is 0.500 bits per heavy atom. The standard InChI is InChI=1S/Au.3V. The second-order valence-corrected chi connectivity index (χ2v) is 0. The summed E-state index contributed by atoms with van der Waals surface area (Å²) in [6.45, 7) is 0. The predicted octanol–water partition coefficient (Wildman–Crippen LogP) is -0.0100. The predicted molar refractivity (Wildman–Crippen MR) is 0 cm³/mol. The van der Waals surface area contributed by atoms with Crippen molar-refractivity contribution in [2.75, 3.05) is 0 Å². The average molecular weight is 350 g/mol. The molecule has 4 radical (unpaired) electrons. The summed E-state index contributed by atoms with van der Waals surface area (Å²) in [6.07, 6.45) is 0. The van der Waals surface area contributed by atoms with Gasteiger partial charge in [0.2, 0.25) is 0 Å². The van der Waals surface area contributed by atoms with E-state index in [-0.39, 0.29) is 78.0 Å². The van der Waals surface area contributed by atoms with Crippen molar-refractivity contribution >= 4 is 0 Å². The summed E-state index contributed by atoms with van der Waals surface area (Å²) in [5, 5.41) is 0. The quantitative estimate of drug-likeness (QED) is 0.540. The number of hydrogen-bond acceptors (Lipinski definition) is 0. The van der Waals surface area contributed by atoms with Crippen molar-refractivity contribution in [1.29, 1.82) is 0 Å². The van der Waals surface area contributed by atoms with E-state index in [4.69, 9.17) is 0 Å². The monoisotopic (exact) mass is 350 g/mol. The van der Waals surface area contributed by atoms with E-state index >= 15 is 0 Å². The molecular weight excluding hydrogens is 350 g/mol. The molecule has 0 aliphatic carbocycles. The summed E-state index contributed by atoms with van der Waals surface area (Å²) in [7, 11) is 0. The van der Waals surface area contributed by atoms with Crippen LogP contribution in [0.25, 0.3) is 0 Å². The maximum absolute atomic E-state index is 0. The van der Waals surface area contributed by atoms with Gasteiger partial charge >= 0.3 is 0 Å². The van der Waals surface area contributed by atoms with E-state index in [1.54, 1.807) is 0 Å². The molecule has 0 aromatic heterocycles. The Labute approximate surface area is 77.0 Å². The first-order chi connectivity index (χ1) is 0. The molecule has 0 spiro atoms. The van der Waals surface area contributed by atoms with Crippen LogP contribution in [-0.2, 0) is 78.0 Å². The van der Waals surface area contributed by atoms with Crippen LogP contribution in [0.5, 0.6) is 0 Å². The van der Waals surface area contributed by atoms with Crippen LogP contribution < -0.4 is 0 Å². The smallest absolute Gasteiger partial charge is 0 e. The van der Waals surface area contributed by atoms with Crippen molar-refractivity contribution in [3.05, 3.63) is 0 Å². The maximum Gasteiger partial charge on any atom is 0 e. The van der Waals surface area contributed by atoms with Crippen LogP contribution >= 0.6 is 0 Å². The van der Waals surface area contributed by atoms with Crippen LogP contribution in [-0.4, -0.2) is 0 Å². The van der Waals surface area contributed by atoms with Gasteiger partial charge in [-0.05, 0) is 0 Å². The van der Waals surface area contributed by atoms with Crippen LogP contribution in [0.2, 0.25) is 0 Å². The fourth-order valence-electron chi connectivity index (χ4n) is 0. The second-order valence-electron chi connectivity index (χ2n) is 0. The van der Waals surface area contributed by atoms with Gasteiger partial charge in [-0.25, -0.2) is 0 Å². The summed E-state index contributed by atoms with van der Waals surface area (Å²) in [5.74, 6) is 0. The summed E-state index contributed by atoms with van der Waals surface area (Å²) >= 11 is 0. The van der Waals surface area contributed by atoms with Crippen molar-refractivity contribution in [3.63, 3.8) is 0 Å². The molecular formula is AuV3. The van der Waals surface area contributed by atoms with Gasteiger partial charge in [-0.15, -0.1) is 0 Å². The minimum absolute atomic E-state index is 0. The molecule has 0 fully saturated rings. The van der Waals surface area contributed by atoms with Crippen molar-refractivity contribution in [3.8, 4) is 0 Å². The van der Waals surface area contributed by atoms with Gasteiger partial charge in [0, 0.05) is 78.0 Å². The van der Waals surface area contributed by atoms with E-state index in [1.807, 2.05) is 0 Å². The van der Waals surface area contributed by atoms with Gasteiger partial charge < -0.3 is 0 Å². The second kappa shape index (κ2) is 17.8. The molecule has 4 heteroatoms. The third-order valence-corrected chi connectivity index (χ3v) is 0. The molecule has 0 aliphatic rings. The third-order valence-electron chi connectivity index (χ3n) is 0. The molecule has 0 heterocycles. The molecule has 0 atom stereocenters. The first-order valence-electron chi connectivity index (χ1n) is 0. The first kappa shape index (κ1) is 31.5. The molecule has 0 aliphatic heterocycles. The summed E-state index contributed by atoms with van der Waals surface area (Å²) in [6, 6.07) is 0. The fourth-order valence-corrected chi connectivity index (χ4v) is 0. The normalized spacial score (nSPS) is 0. The third kappa shape index (κ3) is 8.82. The molecule has 0 saturated heterocycles. The molecule has 0 saturated carbocycles. The molecule has 4 heavy (non-hydrogen) atoms. The van der Waals surface area contributed by atoms with Crippen LogP contribution in [0, 0.1) is 0 Å². The SMILES string of the molecule is [Au].[V].[V].[V]. The maximum atomic E-state index is 0. The van der Waals surface area contributed by atoms with Crippen LogP contribution in [0.4, 0.5) is 0 Å². The van der Waals surface area contributed by atoms with E-state index in [0.717, 1.165) is 0 Å². The van der Waals surface area contributed by atoms with Crippen LogP contribution in [0.1, 0.15) is 0 Å². The molecule has 0 aromatic rings. The fraction of sp³-hybridized carbons (Fsp3) is 0. The molecule has 0 nitrogen and oxygen atoms in total. The van der Waals surface area contributed by atoms with Crippen LogP contribution in [0.15, 0.2) is 0 Å². The first-order valence-corrected chi connectivity index (χ1v) is 0. The molecule has 26 valence electrons. The molecule has 0 aromatic carbocycles. The van der Waals surface area contributed by atoms with Crippen molar-refractivity contribution in [2.45, 2.75) is 0 Å². The summed E-state index contributed by atoms with van der Waals surface area (Å²) < 4.78 is 0. The Hall–Kier alpha value is 2.49. The molecule has 0 amide bonds. The minimum Gasteiger partial charge on any atom is 0 e. The van der Waals surface area contributed by atoms with E-state index < -0.39 is 0 Å². The Morgan fingerprint density at radius 2 is 0.500 bits per heavy atom. The van der Waals surface area contributed by atoms with Crippen molar-refractivity contribution in [1.82, 2.24) is 0 Å². The zero-order valence-electron chi connectivity index (χ0n) is 1.64.